The number of carbonyl (C=O) groups excluding carboxylic acids is 1. The van der Waals surface area contributed by atoms with Crippen molar-refractivity contribution in [2.45, 2.75) is 19.3 Å². The van der Waals surface area contributed by atoms with Crippen LogP contribution in [0.1, 0.15) is 18.1 Å². The predicted octanol–water partition coefficient (Wildman–Crippen LogP) is 2.51. The van der Waals surface area contributed by atoms with Gasteiger partial charge in [0.05, 0.1) is 7.11 Å². The van der Waals surface area contributed by atoms with E-state index in [1.807, 2.05) is 6.92 Å². The van der Waals surface area contributed by atoms with Gasteiger partial charge in [0.1, 0.15) is 0 Å². The summed E-state index contributed by atoms with van der Waals surface area (Å²) in [5.74, 6) is -5.10. The van der Waals surface area contributed by atoms with Crippen LogP contribution in [-0.2, 0) is 21.9 Å². The van der Waals surface area contributed by atoms with E-state index in [4.69, 9.17) is 0 Å². The van der Waals surface area contributed by atoms with Gasteiger partial charge < -0.3 is 4.74 Å². The molecule has 0 aliphatic rings. The quantitative estimate of drug-likeness (QED) is 0.722. The van der Waals surface area contributed by atoms with E-state index >= 15 is 0 Å². The molecule has 0 spiro atoms. The Kier molecular flexibility index (Phi) is 3.39. The number of halogens is 2. The predicted molar refractivity (Wildman–Crippen MR) is 51.7 cm³/mol. The van der Waals surface area contributed by atoms with Crippen LogP contribution >= 0.6 is 0 Å². The summed E-state index contributed by atoms with van der Waals surface area (Å²) in [5.41, 5.74) is 0.603. The zero-order chi connectivity index (χ0) is 11.5. The van der Waals surface area contributed by atoms with Gasteiger partial charge in [-0.1, -0.05) is 31.2 Å². The summed E-state index contributed by atoms with van der Waals surface area (Å²) in [6.45, 7) is 1.92. The van der Waals surface area contributed by atoms with E-state index in [9.17, 15) is 13.6 Å². The van der Waals surface area contributed by atoms with Gasteiger partial charge in [-0.3, -0.25) is 0 Å². The average molecular weight is 214 g/mol. The number of alkyl halides is 2. The fourth-order valence-corrected chi connectivity index (χ4v) is 1.20. The zero-order valence-electron chi connectivity index (χ0n) is 8.59. The van der Waals surface area contributed by atoms with Gasteiger partial charge in [-0.2, -0.15) is 8.78 Å². The maximum absolute atomic E-state index is 13.3. The third-order valence-corrected chi connectivity index (χ3v) is 2.17. The van der Waals surface area contributed by atoms with E-state index in [-0.39, 0.29) is 5.56 Å². The lowest BCUT2D eigenvalue weighted by atomic mass is 10.1. The second kappa shape index (κ2) is 4.38. The number of ether oxygens (including phenoxy) is 1. The highest BCUT2D eigenvalue weighted by Gasteiger charge is 2.42. The number of carbonyl (C=O) groups is 1. The van der Waals surface area contributed by atoms with Crippen LogP contribution < -0.4 is 0 Å². The van der Waals surface area contributed by atoms with Crippen molar-refractivity contribution in [2.75, 3.05) is 7.11 Å². The van der Waals surface area contributed by atoms with Gasteiger partial charge in [0, 0.05) is 5.56 Å². The molecule has 0 unspecified atom stereocenters. The standard InChI is InChI=1S/C11H12F2O2/c1-3-8-4-6-9(7-5-8)11(12,13)10(14)15-2/h4-7H,3H2,1-2H3. The largest absolute Gasteiger partial charge is 0.464 e. The van der Waals surface area contributed by atoms with Gasteiger partial charge in [-0.15, -0.1) is 0 Å². The zero-order valence-corrected chi connectivity index (χ0v) is 8.59. The van der Waals surface area contributed by atoms with Crippen molar-refractivity contribution in [2.24, 2.45) is 0 Å². The molecule has 0 aromatic heterocycles. The first-order valence-corrected chi connectivity index (χ1v) is 4.58. The molecule has 4 heteroatoms. The summed E-state index contributed by atoms with van der Waals surface area (Å²) in [4.78, 5) is 10.8. The van der Waals surface area contributed by atoms with Gasteiger partial charge >= 0.3 is 11.9 Å². The number of methoxy groups -OCH3 is 1. The number of hydrogen-bond donors (Lipinski definition) is 0. The fraction of sp³-hybridized carbons (Fsp3) is 0.364. The molecule has 0 saturated heterocycles. The molecular formula is C11H12F2O2. The number of aryl methyl sites for hydroxylation is 1. The van der Waals surface area contributed by atoms with Crippen molar-refractivity contribution in [3.05, 3.63) is 35.4 Å². The topological polar surface area (TPSA) is 26.3 Å². The molecule has 0 saturated carbocycles. The van der Waals surface area contributed by atoms with Crippen LogP contribution in [-0.4, -0.2) is 13.1 Å². The van der Waals surface area contributed by atoms with Crippen LogP contribution in [0.4, 0.5) is 8.78 Å². The van der Waals surface area contributed by atoms with Crippen LogP contribution in [0.2, 0.25) is 0 Å². The monoisotopic (exact) mass is 214 g/mol. The van der Waals surface area contributed by atoms with E-state index in [1.54, 1.807) is 12.1 Å². The van der Waals surface area contributed by atoms with Crippen molar-refractivity contribution in [1.29, 1.82) is 0 Å². The summed E-state index contributed by atoms with van der Waals surface area (Å²) in [6, 6.07) is 5.64. The molecule has 0 bridgehead atoms. The van der Waals surface area contributed by atoms with Crippen molar-refractivity contribution in [1.82, 2.24) is 0 Å². The molecule has 0 amide bonds. The van der Waals surface area contributed by atoms with Crippen molar-refractivity contribution < 1.29 is 18.3 Å². The van der Waals surface area contributed by atoms with Crippen LogP contribution in [0.15, 0.2) is 24.3 Å². The Balaban J connectivity index is 3.00. The van der Waals surface area contributed by atoms with Gasteiger partial charge in [0.25, 0.3) is 0 Å². The minimum Gasteiger partial charge on any atom is -0.464 e. The molecule has 0 N–H and O–H groups in total. The summed E-state index contributed by atoms with van der Waals surface area (Å²) >= 11 is 0. The summed E-state index contributed by atoms with van der Waals surface area (Å²) in [7, 11) is 0.941. The summed E-state index contributed by atoms with van der Waals surface area (Å²) in [6.07, 6.45) is 0.768. The van der Waals surface area contributed by atoms with Crippen molar-refractivity contribution >= 4 is 5.97 Å². The first kappa shape index (κ1) is 11.6. The molecule has 0 aliphatic carbocycles. The highest BCUT2D eigenvalue weighted by molar-refractivity contribution is 5.79. The Bertz CT molecular complexity index is 344. The van der Waals surface area contributed by atoms with Gasteiger partial charge in [0.2, 0.25) is 0 Å². The molecule has 0 fully saturated rings. The lowest BCUT2D eigenvalue weighted by molar-refractivity contribution is -0.170. The second-order valence-electron chi connectivity index (χ2n) is 3.12. The van der Waals surface area contributed by atoms with E-state index in [0.717, 1.165) is 19.1 Å². The molecule has 1 rings (SSSR count). The first-order chi connectivity index (χ1) is 7.02. The van der Waals surface area contributed by atoms with E-state index in [0.29, 0.717) is 0 Å². The van der Waals surface area contributed by atoms with Crippen LogP contribution in [0, 0.1) is 0 Å². The van der Waals surface area contributed by atoms with Crippen LogP contribution in [0.25, 0.3) is 0 Å². The minimum absolute atomic E-state index is 0.341. The number of rotatable bonds is 3. The fourth-order valence-electron chi connectivity index (χ4n) is 1.20. The average Bonchev–Trinajstić information content (AvgIpc) is 2.28. The molecular weight excluding hydrogens is 202 g/mol. The van der Waals surface area contributed by atoms with E-state index < -0.39 is 11.9 Å². The normalized spacial score (nSPS) is 11.2. The molecule has 0 atom stereocenters. The number of benzene rings is 1. The summed E-state index contributed by atoms with van der Waals surface area (Å²) in [5, 5.41) is 0. The molecule has 1 aromatic carbocycles. The molecule has 15 heavy (non-hydrogen) atoms. The Morgan fingerprint density at radius 3 is 2.27 bits per heavy atom. The third-order valence-electron chi connectivity index (χ3n) is 2.17. The summed E-state index contributed by atoms with van der Waals surface area (Å²) < 4.78 is 30.7. The third kappa shape index (κ3) is 2.32. The minimum atomic E-state index is -3.57. The maximum Gasteiger partial charge on any atom is 0.381 e. The SMILES string of the molecule is CCc1ccc(C(F)(F)C(=O)OC)cc1. The van der Waals surface area contributed by atoms with E-state index in [1.165, 1.54) is 12.1 Å². The van der Waals surface area contributed by atoms with Crippen molar-refractivity contribution in [3.8, 4) is 0 Å². The molecule has 2 nitrogen and oxygen atoms in total. The second-order valence-corrected chi connectivity index (χ2v) is 3.12. The van der Waals surface area contributed by atoms with Gasteiger partial charge in [0.15, 0.2) is 0 Å². The number of esters is 1. The molecule has 82 valence electrons. The van der Waals surface area contributed by atoms with Gasteiger partial charge in [-0.05, 0) is 12.0 Å². The molecule has 0 radical (unpaired) electrons. The molecule has 0 heterocycles. The van der Waals surface area contributed by atoms with Gasteiger partial charge in [-0.25, -0.2) is 4.79 Å². The lowest BCUT2D eigenvalue weighted by Crippen LogP contribution is -2.27. The number of hydrogen-bond acceptors (Lipinski definition) is 2. The molecule has 1 aromatic rings. The lowest BCUT2D eigenvalue weighted by Gasteiger charge is -2.13. The Morgan fingerprint density at radius 2 is 1.87 bits per heavy atom. The highest BCUT2D eigenvalue weighted by atomic mass is 19.3. The molecule has 0 aliphatic heterocycles. The highest BCUT2D eigenvalue weighted by Crippen LogP contribution is 2.29. The Hall–Kier alpha value is -1.45. The van der Waals surface area contributed by atoms with Crippen molar-refractivity contribution in [3.63, 3.8) is 0 Å². The van der Waals surface area contributed by atoms with Crippen LogP contribution in [0.3, 0.4) is 0 Å². The Labute approximate surface area is 86.9 Å². The van der Waals surface area contributed by atoms with Crippen LogP contribution in [0.5, 0.6) is 0 Å². The van der Waals surface area contributed by atoms with E-state index in [2.05, 4.69) is 4.74 Å². The maximum atomic E-state index is 13.3. The first-order valence-electron chi connectivity index (χ1n) is 4.58. The smallest absolute Gasteiger partial charge is 0.381 e. The Morgan fingerprint density at radius 1 is 1.33 bits per heavy atom.